The van der Waals surface area contributed by atoms with E-state index in [0.29, 0.717) is 0 Å². The summed E-state index contributed by atoms with van der Waals surface area (Å²) in [6.07, 6.45) is 6.50. The molecule has 1 spiro atoms. The molecule has 0 radical (unpaired) electrons. The summed E-state index contributed by atoms with van der Waals surface area (Å²) in [6.45, 7) is 1.87. The number of alkyl halides is 2. The SMILES string of the molecule is CN1C(Cl)(Cl)CCC12CCN(c1cncc(Oc3ccccc3)c1)C2. The highest BCUT2D eigenvalue weighted by Crippen LogP contribution is 2.49. The fourth-order valence-electron chi connectivity index (χ4n) is 3.88. The Bertz CT molecular complexity index is 755. The van der Waals surface area contributed by atoms with Crippen LogP contribution in [0.3, 0.4) is 0 Å². The first-order valence-corrected chi connectivity index (χ1v) is 9.29. The fourth-order valence-corrected chi connectivity index (χ4v) is 4.43. The average molecular weight is 378 g/mol. The lowest BCUT2D eigenvalue weighted by Crippen LogP contribution is -2.48. The van der Waals surface area contributed by atoms with Gasteiger partial charge in [0.2, 0.25) is 0 Å². The number of likely N-dealkylation sites (tertiary alicyclic amines) is 1. The Balaban J connectivity index is 1.51. The van der Waals surface area contributed by atoms with E-state index in [4.69, 9.17) is 27.9 Å². The molecular weight excluding hydrogens is 357 g/mol. The third kappa shape index (κ3) is 3.19. The fraction of sp³-hybridized carbons (Fsp3) is 0.421. The normalized spacial score (nSPS) is 25.6. The second-order valence-electron chi connectivity index (χ2n) is 6.91. The van der Waals surface area contributed by atoms with Crippen molar-refractivity contribution in [3.8, 4) is 11.5 Å². The Morgan fingerprint density at radius 2 is 1.84 bits per heavy atom. The minimum atomic E-state index is -0.757. The largest absolute Gasteiger partial charge is 0.456 e. The van der Waals surface area contributed by atoms with Crippen molar-refractivity contribution in [2.24, 2.45) is 0 Å². The summed E-state index contributed by atoms with van der Waals surface area (Å²) in [5.41, 5.74) is 1.11. The average Bonchev–Trinajstić information content (AvgIpc) is 3.15. The summed E-state index contributed by atoms with van der Waals surface area (Å²) in [4.78, 5) is 8.84. The smallest absolute Gasteiger partial charge is 0.171 e. The van der Waals surface area contributed by atoms with Crippen molar-refractivity contribution in [3.63, 3.8) is 0 Å². The van der Waals surface area contributed by atoms with Crippen LogP contribution in [0.1, 0.15) is 19.3 Å². The molecule has 1 aromatic heterocycles. The van der Waals surface area contributed by atoms with E-state index in [1.165, 1.54) is 0 Å². The summed E-state index contributed by atoms with van der Waals surface area (Å²) < 4.78 is 5.15. The Morgan fingerprint density at radius 3 is 2.56 bits per heavy atom. The number of nitrogens with zero attached hydrogens (tertiary/aromatic N) is 3. The maximum atomic E-state index is 6.44. The lowest BCUT2D eigenvalue weighted by molar-refractivity contribution is 0.169. The number of likely N-dealkylation sites (N-methyl/N-ethyl adjacent to an activating group) is 1. The summed E-state index contributed by atoms with van der Waals surface area (Å²) >= 11 is 12.9. The Morgan fingerprint density at radius 1 is 1.04 bits per heavy atom. The van der Waals surface area contributed by atoms with E-state index in [0.717, 1.165) is 49.5 Å². The van der Waals surface area contributed by atoms with E-state index >= 15 is 0 Å². The van der Waals surface area contributed by atoms with Crippen LogP contribution in [-0.4, -0.2) is 40.0 Å². The molecule has 0 bridgehead atoms. The van der Waals surface area contributed by atoms with Gasteiger partial charge in [-0.25, -0.2) is 0 Å². The molecule has 4 nitrogen and oxygen atoms in total. The van der Waals surface area contributed by atoms with Gasteiger partial charge < -0.3 is 9.64 Å². The highest BCUT2D eigenvalue weighted by atomic mass is 35.5. The lowest BCUT2D eigenvalue weighted by Gasteiger charge is -2.36. The van der Waals surface area contributed by atoms with Gasteiger partial charge in [-0.2, -0.15) is 0 Å². The number of anilines is 1. The number of benzene rings is 1. The molecule has 1 unspecified atom stereocenters. The highest BCUT2D eigenvalue weighted by Gasteiger charge is 2.54. The van der Waals surface area contributed by atoms with Gasteiger partial charge in [-0.05, 0) is 38.4 Å². The van der Waals surface area contributed by atoms with Gasteiger partial charge in [0.1, 0.15) is 11.5 Å². The van der Waals surface area contributed by atoms with E-state index in [1.807, 2.05) is 49.6 Å². The molecule has 25 heavy (non-hydrogen) atoms. The summed E-state index contributed by atoms with van der Waals surface area (Å²) in [5, 5.41) is 0. The number of rotatable bonds is 3. The quantitative estimate of drug-likeness (QED) is 0.573. The minimum Gasteiger partial charge on any atom is -0.456 e. The zero-order chi connectivity index (χ0) is 17.5. The molecule has 132 valence electrons. The molecular formula is C19H21Cl2N3O. The standard InChI is InChI=1S/C19H21Cl2N3O/c1-23-18(7-8-19(23,20)21)9-10-24(14-18)15-11-17(13-22-12-15)25-16-5-3-2-4-6-16/h2-6,11-13H,7-10,14H2,1H3. The van der Waals surface area contributed by atoms with Crippen LogP contribution in [0.15, 0.2) is 48.8 Å². The first kappa shape index (κ1) is 17.0. The molecule has 2 saturated heterocycles. The van der Waals surface area contributed by atoms with Crippen molar-refractivity contribution >= 4 is 28.9 Å². The third-order valence-corrected chi connectivity index (χ3v) is 6.35. The van der Waals surface area contributed by atoms with Gasteiger partial charge in [0.05, 0.1) is 18.1 Å². The van der Waals surface area contributed by atoms with Crippen LogP contribution in [0.4, 0.5) is 5.69 Å². The highest BCUT2D eigenvalue weighted by molar-refractivity contribution is 6.48. The second kappa shape index (κ2) is 6.35. The van der Waals surface area contributed by atoms with E-state index in [2.05, 4.69) is 14.8 Å². The maximum Gasteiger partial charge on any atom is 0.171 e. The first-order chi connectivity index (χ1) is 12.0. The van der Waals surface area contributed by atoms with Crippen LogP contribution >= 0.6 is 23.2 Å². The summed E-state index contributed by atoms with van der Waals surface area (Å²) in [6, 6.07) is 11.8. The summed E-state index contributed by atoms with van der Waals surface area (Å²) in [5.74, 6) is 1.55. The van der Waals surface area contributed by atoms with Gasteiger partial charge in [-0.1, -0.05) is 41.4 Å². The van der Waals surface area contributed by atoms with E-state index in [9.17, 15) is 0 Å². The Kier molecular flexibility index (Phi) is 4.30. The number of ether oxygens (including phenoxy) is 1. The van der Waals surface area contributed by atoms with Crippen LogP contribution < -0.4 is 9.64 Å². The molecule has 6 heteroatoms. The number of halogens is 2. The van der Waals surface area contributed by atoms with Gasteiger partial charge in [-0.3, -0.25) is 9.88 Å². The number of aromatic nitrogens is 1. The van der Waals surface area contributed by atoms with Crippen molar-refractivity contribution in [3.05, 3.63) is 48.8 Å². The molecule has 1 aromatic carbocycles. The van der Waals surface area contributed by atoms with E-state index < -0.39 is 4.46 Å². The molecule has 0 amide bonds. The van der Waals surface area contributed by atoms with Gasteiger partial charge in [0.25, 0.3) is 0 Å². The predicted octanol–water partition coefficient (Wildman–Crippen LogP) is 4.68. The van der Waals surface area contributed by atoms with E-state index in [1.54, 1.807) is 6.20 Å². The minimum absolute atomic E-state index is 0.0415. The molecule has 0 N–H and O–H groups in total. The van der Waals surface area contributed by atoms with Gasteiger partial charge in [-0.15, -0.1) is 0 Å². The van der Waals surface area contributed by atoms with Crippen LogP contribution in [0, 0.1) is 0 Å². The second-order valence-corrected chi connectivity index (χ2v) is 8.36. The molecule has 0 saturated carbocycles. The first-order valence-electron chi connectivity index (χ1n) is 8.53. The Labute approximate surface area is 158 Å². The van der Waals surface area contributed by atoms with Crippen molar-refractivity contribution < 1.29 is 4.74 Å². The lowest BCUT2D eigenvalue weighted by atomic mass is 9.96. The third-order valence-electron chi connectivity index (χ3n) is 5.47. The number of hydrogen-bond donors (Lipinski definition) is 0. The van der Waals surface area contributed by atoms with Crippen LogP contribution in [0.2, 0.25) is 0 Å². The van der Waals surface area contributed by atoms with Gasteiger partial charge in [0.15, 0.2) is 4.46 Å². The maximum absolute atomic E-state index is 6.44. The number of para-hydroxylation sites is 1. The van der Waals surface area contributed by atoms with Crippen molar-refractivity contribution in [1.29, 1.82) is 0 Å². The molecule has 2 aliphatic rings. The molecule has 2 aromatic rings. The van der Waals surface area contributed by atoms with Crippen molar-refractivity contribution in [1.82, 2.24) is 9.88 Å². The molecule has 1 atom stereocenters. The van der Waals surface area contributed by atoms with Crippen LogP contribution in [0.25, 0.3) is 0 Å². The molecule has 3 heterocycles. The monoisotopic (exact) mass is 377 g/mol. The van der Waals surface area contributed by atoms with Crippen molar-refractivity contribution in [2.45, 2.75) is 29.3 Å². The van der Waals surface area contributed by atoms with Crippen molar-refractivity contribution in [2.75, 3.05) is 25.0 Å². The molecule has 2 aliphatic heterocycles. The zero-order valence-corrected chi connectivity index (χ0v) is 15.7. The van der Waals surface area contributed by atoms with E-state index in [-0.39, 0.29) is 5.54 Å². The Hall–Kier alpha value is -1.49. The zero-order valence-electron chi connectivity index (χ0n) is 14.2. The van der Waals surface area contributed by atoms with Gasteiger partial charge >= 0.3 is 0 Å². The van der Waals surface area contributed by atoms with Crippen LogP contribution in [0.5, 0.6) is 11.5 Å². The van der Waals surface area contributed by atoms with Gasteiger partial charge in [0, 0.05) is 24.7 Å². The molecule has 2 fully saturated rings. The van der Waals surface area contributed by atoms with Crippen LogP contribution in [-0.2, 0) is 0 Å². The predicted molar refractivity (Wildman–Crippen MR) is 102 cm³/mol. The number of hydrogen-bond acceptors (Lipinski definition) is 4. The summed E-state index contributed by atoms with van der Waals surface area (Å²) in [7, 11) is 2.03. The molecule has 0 aliphatic carbocycles. The topological polar surface area (TPSA) is 28.6 Å². The molecule has 4 rings (SSSR count). The number of pyridine rings is 1.